The van der Waals surface area contributed by atoms with Gasteiger partial charge in [0.25, 0.3) is 0 Å². The molecule has 0 unspecified atom stereocenters. The van der Waals surface area contributed by atoms with Gasteiger partial charge >= 0.3 is 0 Å². The van der Waals surface area contributed by atoms with E-state index in [2.05, 4.69) is 75.0 Å². The summed E-state index contributed by atoms with van der Waals surface area (Å²) in [7, 11) is 0. The van der Waals surface area contributed by atoms with E-state index in [-0.39, 0.29) is 0 Å². The predicted molar refractivity (Wildman–Crippen MR) is 140 cm³/mol. The molecule has 0 amide bonds. The van der Waals surface area contributed by atoms with E-state index in [0.717, 1.165) is 40.3 Å². The number of pyridine rings is 3. The van der Waals surface area contributed by atoms with Gasteiger partial charge in [0.2, 0.25) is 0 Å². The molecule has 0 saturated carbocycles. The van der Waals surface area contributed by atoms with Crippen molar-refractivity contribution >= 4 is 38.4 Å². The third kappa shape index (κ3) is 2.11. The van der Waals surface area contributed by atoms with Crippen molar-refractivity contribution in [2.45, 2.75) is 12.8 Å². The standard InChI is InChI=1S/C31H18N4/c1-2-4-19-17(3-1)13-24-20(19)6-7-23-25(24)14-18-5-8-27-30(29(18)23)35-28-16-33-12-10-22(28)21-9-11-32-15-26(21)31(35)34-27/h1-12,15-16H,13-14H2. The first-order valence-corrected chi connectivity index (χ1v) is 12.0. The van der Waals surface area contributed by atoms with Gasteiger partial charge in [-0.1, -0.05) is 42.5 Å². The molecule has 4 heterocycles. The highest BCUT2D eigenvalue weighted by Gasteiger charge is 2.30. The zero-order valence-corrected chi connectivity index (χ0v) is 18.8. The maximum atomic E-state index is 5.14. The van der Waals surface area contributed by atoms with Gasteiger partial charge in [0.15, 0.2) is 0 Å². The Hall–Kier alpha value is -4.57. The number of hydrogen-bond acceptors (Lipinski definition) is 3. The molecule has 0 radical (unpaired) electrons. The van der Waals surface area contributed by atoms with Crippen LogP contribution in [-0.2, 0) is 12.8 Å². The number of nitrogens with zero attached hydrogens (tertiary/aromatic N) is 4. The molecule has 0 bridgehead atoms. The fourth-order valence-electron chi connectivity index (χ4n) is 6.57. The average molecular weight is 447 g/mol. The molecule has 0 N–H and O–H groups in total. The third-order valence-corrected chi connectivity index (χ3v) is 8.04. The van der Waals surface area contributed by atoms with Crippen LogP contribution >= 0.6 is 0 Å². The van der Waals surface area contributed by atoms with Gasteiger partial charge in [-0.2, -0.15) is 0 Å². The summed E-state index contributed by atoms with van der Waals surface area (Å²) in [4.78, 5) is 14.1. The molecule has 0 spiro atoms. The van der Waals surface area contributed by atoms with E-state index in [4.69, 9.17) is 4.98 Å². The summed E-state index contributed by atoms with van der Waals surface area (Å²) in [5, 5.41) is 3.40. The number of rotatable bonds is 0. The van der Waals surface area contributed by atoms with E-state index < -0.39 is 0 Å². The Kier molecular flexibility index (Phi) is 3.11. The monoisotopic (exact) mass is 446 g/mol. The van der Waals surface area contributed by atoms with Crippen LogP contribution in [-0.4, -0.2) is 19.4 Å². The summed E-state index contributed by atoms with van der Waals surface area (Å²) in [6.45, 7) is 0. The maximum absolute atomic E-state index is 5.14. The minimum absolute atomic E-state index is 0.944. The quantitative estimate of drug-likeness (QED) is 0.243. The first kappa shape index (κ1) is 17.8. The highest BCUT2D eigenvalue weighted by molar-refractivity contribution is 6.15. The topological polar surface area (TPSA) is 43.1 Å². The molecule has 7 aromatic rings. The SMILES string of the molecule is c1ccc2c(c1)Cc1c-2ccc2c1Cc1ccc3nc4c5cnccc5c5ccncc5n4c3c1-2. The van der Waals surface area contributed by atoms with E-state index >= 15 is 0 Å². The molecule has 0 atom stereocenters. The number of benzene rings is 3. The normalized spacial score (nSPS) is 13.5. The lowest BCUT2D eigenvalue weighted by molar-refractivity contribution is 1.16. The van der Waals surface area contributed by atoms with Gasteiger partial charge in [-0.25, -0.2) is 4.98 Å². The van der Waals surface area contributed by atoms with Crippen LogP contribution in [0, 0.1) is 0 Å². The fraction of sp³-hybridized carbons (Fsp3) is 0.0645. The molecule has 35 heavy (non-hydrogen) atoms. The molecule has 3 aromatic carbocycles. The minimum atomic E-state index is 0.944. The van der Waals surface area contributed by atoms with Crippen molar-refractivity contribution in [3.63, 3.8) is 0 Å². The lowest BCUT2D eigenvalue weighted by Crippen LogP contribution is -1.94. The van der Waals surface area contributed by atoms with Crippen LogP contribution in [0.15, 0.2) is 85.5 Å². The van der Waals surface area contributed by atoms with Crippen molar-refractivity contribution < 1.29 is 0 Å². The first-order chi connectivity index (χ1) is 17.4. The fourth-order valence-corrected chi connectivity index (χ4v) is 6.57. The molecule has 4 heteroatoms. The Labute approximate surface area is 200 Å². The number of hydrogen-bond donors (Lipinski definition) is 0. The van der Waals surface area contributed by atoms with Crippen molar-refractivity contribution in [3.05, 3.63) is 108 Å². The van der Waals surface area contributed by atoms with Gasteiger partial charge in [0.05, 0.1) is 22.7 Å². The molecular formula is C31H18N4. The lowest BCUT2D eigenvalue weighted by Gasteiger charge is -2.11. The highest BCUT2D eigenvalue weighted by Crippen LogP contribution is 2.49. The van der Waals surface area contributed by atoms with E-state index in [1.54, 1.807) is 0 Å². The van der Waals surface area contributed by atoms with Crippen molar-refractivity contribution in [1.82, 2.24) is 19.4 Å². The smallest absolute Gasteiger partial charge is 0.148 e. The van der Waals surface area contributed by atoms with Crippen molar-refractivity contribution in [2.24, 2.45) is 0 Å². The van der Waals surface area contributed by atoms with Gasteiger partial charge in [-0.05, 0) is 75.4 Å². The molecular weight excluding hydrogens is 428 g/mol. The predicted octanol–water partition coefficient (Wildman–Crippen LogP) is 6.73. The second-order valence-corrected chi connectivity index (χ2v) is 9.68. The van der Waals surface area contributed by atoms with Crippen molar-refractivity contribution in [2.75, 3.05) is 0 Å². The highest BCUT2D eigenvalue weighted by atomic mass is 15.0. The number of fused-ring (bicyclic) bond motifs is 16. The summed E-state index contributed by atoms with van der Waals surface area (Å²) >= 11 is 0. The van der Waals surface area contributed by atoms with Crippen LogP contribution in [0.2, 0.25) is 0 Å². The van der Waals surface area contributed by atoms with E-state index in [1.165, 1.54) is 55.4 Å². The zero-order valence-electron chi connectivity index (χ0n) is 18.8. The Morgan fingerprint density at radius 1 is 0.629 bits per heavy atom. The third-order valence-electron chi connectivity index (χ3n) is 8.04. The van der Waals surface area contributed by atoms with E-state index in [1.807, 2.05) is 24.8 Å². The van der Waals surface area contributed by atoms with Gasteiger partial charge in [-0.3, -0.25) is 14.4 Å². The van der Waals surface area contributed by atoms with Gasteiger partial charge in [0, 0.05) is 34.9 Å². The van der Waals surface area contributed by atoms with E-state index in [9.17, 15) is 0 Å². The Balaban J connectivity index is 1.44. The summed E-state index contributed by atoms with van der Waals surface area (Å²) in [6, 6.07) is 22.1. The van der Waals surface area contributed by atoms with Gasteiger partial charge in [0.1, 0.15) is 5.65 Å². The molecule has 2 aliphatic carbocycles. The van der Waals surface area contributed by atoms with E-state index in [0.29, 0.717) is 0 Å². The molecule has 4 aromatic heterocycles. The molecule has 4 nitrogen and oxygen atoms in total. The molecule has 0 fully saturated rings. The first-order valence-electron chi connectivity index (χ1n) is 12.0. The van der Waals surface area contributed by atoms with Crippen molar-refractivity contribution in [1.29, 1.82) is 0 Å². The molecule has 162 valence electrons. The largest absolute Gasteiger partial charge is 0.289 e. The van der Waals surface area contributed by atoms with Crippen LogP contribution < -0.4 is 0 Å². The van der Waals surface area contributed by atoms with Crippen LogP contribution in [0.4, 0.5) is 0 Å². The molecule has 0 saturated heterocycles. The summed E-state index contributed by atoms with van der Waals surface area (Å²) in [5.74, 6) is 0. The Morgan fingerprint density at radius 3 is 2.40 bits per heavy atom. The Morgan fingerprint density at radius 2 is 1.43 bits per heavy atom. The zero-order chi connectivity index (χ0) is 22.7. The maximum Gasteiger partial charge on any atom is 0.148 e. The number of imidazole rings is 1. The number of aromatic nitrogens is 4. The Bertz CT molecular complexity index is 2070. The summed E-state index contributed by atoms with van der Waals surface area (Å²) in [6.07, 6.45) is 9.62. The molecule has 2 aliphatic rings. The second kappa shape index (κ2) is 6.10. The van der Waals surface area contributed by atoms with Crippen LogP contribution in [0.5, 0.6) is 0 Å². The minimum Gasteiger partial charge on any atom is -0.289 e. The van der Waals surface area contributed by atoms with Gasteiger partial charge < -0.3 is 0 Å². The van der Waals surface area contributed by atoms with Crippen LogP contribution in [0.3, 0.4) is 0 Å². The molecule has 9 rings (SSSR count). The summed E-state index contributed by atoms with van der Waals surface area (Å²) in [5.41, 5.74) is 15.4. The van der Waals surface area contributed by atoms with Crippen LogP contribution in [0.25, 0.3) is 60.6 Å². The van der Waals surface area contributed by atoms with Crippen LogP contribution in [0.1, 0.15) is 22.3 Å². The second-order valence-electron chi connectivity index (χ2n) is 9.68. The average Bonchev–Trinajstić information content (AvgIpc) is 3.59. The lowest BCUT2D eigenvalue weighted by atomic mass is 9.96. The molecule has 0 aliphatic heterocycles. The van der Waals surface area contributed by atoms with Gasteiger partial charge in [-0.15, -0.1) is 0 Å². The van der Waals surface area contributed by atoms with Crippen molar-refractivity contribution in [3.8, 4) is 22.3 Å². The summed E-state index contributed by atoms with van der Waals surface area (Å²) < 4.78 is 2.32.